The molecule has 0 atom stereocenters. The molecule has 1 nitrogen and oxygen atoms in total. The molecule has 0 aliphatic heterocycles. The SMILES string of the molecule is C=C[Si](C)(C)CN(CCC)[Si](C)(C)C(C)(C)C. The van der Waals surface area contributed by atoms with Gasteiger partial charge in [-0.25, -0.2) is 0 Å². The molecule has 0 aliphatic rings. The molecule has 0 saturated carbocycles. The molecule has 0 heterocycles. The molecule has 0 rings (SSSR count). The number of hydrogen-bond donors (Lipinski definition) is 0. The molecule has 0 aromatic heterocycles. The van der Waals surface area contributed by atoms with Crippen molar-refractivity contribution in [2.75, 3.05) is 12.7 Å². The highest BCUT2D eigenvalue weighted by atomic mass is 28.3. The number of hydrogen-bond acceptors (Lipinski definition) is 1. The van der Waals surface area contributed by atoms with Crippen molar-refractivity contribution in [2.24, 2.45) is 0 Å². The van der Waals surface area contributed by atoms with Crippen LogP contribution in [-0.2, 0) is 0 Å². The first-order valence-corrected chi connectivity index (χ1v) is 13.1. The van der Waals surface area contributed by atoms with E-state index in [0.717, 1.165) is 0 Å². The van der Waals surface area contributed by atoms with Gasteiger partial charge in [-0.15, -0.1) is 12.3 Å². The van der Waals surface area contributed by atoms with E-state index in [9.17, 15) is 0 Å². The van der Waals surface area contributed by atoms with E-state index in [0.29, 0.717) is 5.04 Å². The average Bonchev–Trinajstić information content (AvgIpc) is 2.15. The smallest absolute Gasteiger partial charge is 0.127 e. The molecular weight excluding hydrogens is 238 g/mol. The van der Waals surface area contributed by atoms with Crippen LogP contribution in [0, 0.1) is 0 Å². The van der Waals surface area contributed by atoms with Crippen LogP contribution in [0.15, 0.2) is 12.3 Å². The summed E-state index contributed by atoms with van der Waals surface area (Å²) in [5.41, 5.74) is 2.24. The van der Waals surface area contributed by atoms with Gasteiger partial charge in [0, 0.05) is 0 Å². The van der Waals surface area contributed by atoms with Gasteiger partial charge in [-0.3, -0.25) is 0 Å². The van der Waals surface area contributed by atoms with Crippen molar-refractivity contribution in [1.82, 2.24) is 4.57 Å². The fraction of sp³-hybridized carbons (Fsp3) is 0.857. The van der Waals surface area contributed by atoms with E-state index in [-0.39, 0.29) is 0 Å². The first-order chi connectivity index (χ1) is 7.48. The fourth-order valence-electron chi connectivity index (χ4n) is 1.86. The van der Waals surface area contributed by atoms with Crippen LogP contribution in [0.25, 0.3) is 0 Å². The predicted octanol–water partition coefficient (Wildman–Crippen LogP) is 4.68. The van der Waals surface area contributed by atoms with Crippen molar-refractivity contribution in [1.29, 1.82) is 0 Å². The zero-order valence-corrected chi connectivity index (χ0v) is 15.4. The first-order valence-electron chi connectivity index (χ1n) is 6.86. The summed E-state index contributed by atoms with van der Waals surface area (Å²) in [7, 11) is -2.60. The number of nitrogens with zero attached hydrogens (tertiary/aromatic N) is 1. The molecule has 0 aromatic carbocycles. The summed E-state index contributed by atoms with van der Waals surface area (Å²) in [4.78, 5) is 0. The normalized spacial score (nSPS) is 14.2. The Morgan fingerprint density at radius 1 is 1.12 bits per heavy atom. The molecule has 0 radical (unpaired) electrons. The fourth-order valence-corrected chi connectivity index (χ4v) is 7.66. The Kier molecular flexibility index (Phi) is 5.90. The van der Waals surface area contributed by atoms with E-state index in [2.05, 4.69) is 70.7 Å². The van der Waals surface area contributed by atoms with Gasteiger partial charge in [0.05, 0.1) is 8.07 Å². The van der Waals surface area contributed by atoms with E-state index in [1.807, 2.05) is 0 Å². The Balaban J connectivity index is 5.04. The van der Waals surface area contributed by atoms with Gasteiger partial charge in [0.2, 0.25) is 0 Å². The Labute approximate surface area is 111 Å². The monoisotopic (exact) mass is 271 g/mol. The van der Waals surface area contributed by atoms with Crippen LogP contribution >= 0.6 is 0 Å². The predicted molar refractivity (Wildman–Crippen MR) is 86.7 cm³/mol. The molecule has 0 bridgehead atoms. The van der Waals surface area contributed by atoms with Crippen LogP contribution in [-0.4, -0.2) is 33.6 Å². The van der Waals surface area contributed by atoms with Crippen molar-refractivity contribution in [3.8, 4) is 0 Å². The summed E-state index contributed by atoms with van der Waals surface area (Å²) in [6.07, 6.45) is 2.54. The zero-order valence-electron chi connectivity index (χ0n) is 13.4. The first kappa shape index (κ1) is 17.1. The quantitative estimate of drug-likeness (QED) is 0.634. The molecule has 0 fully saturated rings. The minimum Gasteiger partial charge on any atom is -0.325 e. The third kappa shape index (κ3) is 4.72. The van der Waals surface area contributed by atoms with E-state index in [1.54, 1.807) is 0 Å². The second-order valence-electron chi connectivity index (χ2n) is 7.42. The van der Waals surface area contributed by atoms with E-state index >= 15 is 0 Å². The molecule has 3 heteroatoms. The van der Waals surface area contributed by atoms with E-state index in [1.165, 1.54) is 19.1 Å². The van der Waals surface area contributed by atoms with Gasteiger partial charge in [-0.05, 0) is 24.2 Å². The van der Waals surface area contributed by atoms with Gasteiger partial charge in [-0.1, -0.05) is 53.9 Å². The van der Waals surface area contributed by atoms with Gasteiger partial charge >= 0.3 is 0 Å². The lowest BCUT2D eigenvalue weighted by Gasteiger charge is -2.48. The van der Waals surface area contributed by atoms with Crippen molar-refractivity contribution in [3.63, 3.8) is 0 Å². The lowest BCUT2D eigenvalue weighted by molar-refractivity contribution is 0.443. The van der Waals surface area contributed by atoms with Crippen LogP contribution in [0.4, 0.5) is 0 Å². The third-order valence-electron chi connectivity index (χ3n) is 4.27. The van der Waals surface area contributed by atoms with Crippen LogP contribution in [0.2, 0.25) is 31.2 Å². The highest BCUT2D eigenvalue weighted by molar-refractivity contribution is 6.85. The molecule has 0 aromatic rings. The van der Waals surface area contributed by atoms with Gasteiger partial charge in [0.15, 0.2) is 0 Å². The molecule has 0 unspecified atom stereocenters. The molecule has 0 aliphatic carbocycles. The largest absolute Gasteiger partial charge is 0.325 e. The topological polar surface area (TPSA) is 3.24 Å². The second kappa shape index (κ2) is 5.85. The van der Waals surface area contributed by atoms with Crippen LogP contribution in [0.3, 0.4) is 0 Å². The van der Waals surface area contributed by atoms with Crippen LogP contribution in [0.1, 0.15) is 34.1 Å². The minimum atomic E-state index is -1.36. The molecular formula is C14H33NSi2. The van der Waals surface area contributed by atoms with Gasteiger partial charge < -0.3 is 4.57 Å². The molecule has 17 heavy (non-hydrogen) atoms. The third-order valence-corrected chi connectivity index (χ3v) is 12.5. The maximum absolute atomic E-state index is 4.04. The molecule has 0 spiro atoms. The maximum Gasteiger partial charge on any atom is 0.127 e. The lowest BCUT2D eigenvalue weighted by Crippen LogP contribution is -2.59. The summed E-state index contributed by atoms with van der Waals surface area (Å²) < 4.78 is 2.82. The van der Waals surface area contributed by atoms with Crippen LogP contribution in [0.5, 0.6) is 0 Å². The summed E-state index contributed by atoms with van der Waals surface area (Å²) in [5.74, 6) is 0. The van der Waals surface area contributed by atoms with Gasteiger partial charge in [0.25, 0.3) is 0 Å². The van der Waals surface area contributed by atoms with Crippen molar-refractivity contribution in [2.45, 2.75) is 65.3 Å². The van der Waals surface area contributed by atoms with Crippen molar-refractivity contribution >= 4 is 16.3 Å². The standard InChI is InChI=1S/C14H33NSi2/c1-10-12-15(13-16(6,7)11-2)17(8,9)14(3,4)5/h11H,2,10,12-13H2,1,3-9H3. The molecule has 0 N–H and O–H groups in total. The highest BCUT2D eigenvalue weighted by Gasteiger charge is 2.41. The van der Waals surface area contributed by atoms with E-state index < -0.39 is 16.3 Å². The summed E-state index contributed by atoms with van der Waals surface area (Å²) in [6, 6.07) is 0. The maximum atomic E-state index is 4.04. The van der Waals surface area contributed by atoms with Crippen molar-refractivity contribution < 1.29 is 0 Å². The highest BCUT2D eigenvalue weighted by Crippen LogP contribution is 2.38. The Morgan fingerprint density at radius 3 is 1.88 bits per heavy atom. The van der Waals surface area contributed by atoms with E-state index in [4.69, 9.17) is 0 Å². The minimum absolute atomic E-state index is 0.438. The Hall–Kier alpha value is 0.134. The van der Waals surface area contributed by atoms with Gasteiger partial charge in [0.1, 0.15) is 8.24 Å². The Bertz CT molecular complexity index is 251. The summed E-state index contributed by atoms with van der Waals surface area (Å²) >= 11 is 0. The van der Waals surface area contributed by atoms with Gasteiger partial charge in [-0.2, -0.15) is 0 Å². The summed E-state index contributed by atoms with van der Waals surface area (Å²) in [5, 5.41) is 0.438. The Morgan fingerprint density at radius 2 is 1.59 bits per heavy atom. The number of rotatable bonds is 6. The molecule has 0 saturated heterocycles. The summed E-state index contributed by atoms with van der Waals surface area (Å²) in [6.45, 7) is 24.7. The van der Waals surface area contributed by atoms with Crippen molar-refractivity contribution in [3.05, 3.63) is 12.3 Å². The lowest BCUT2D eigenvalue weighted by atomic mass is 10.2. The average molecular weight is 272 g/mol. The van der Waals surface area contributed by atoms with Crippen LogP contribution < -0.4 is 0 Å². The molecule has 0 amide bonds. The second-order valence-corrected chi connectivity index (χ2v) is 17.4. The zero-order chi connectivity index (χ0) is 13.9. The molecule has 102 valence electrons.